The summed E-state index contributed by atoms with van der Waals surface area (Å²) in [6, 6.07) is 4.63. The van der Waals surface area contributed by atoms with Crippen LogP contribution in [0.25, 0.3) is 10.2 Å². The van der Waals surface area contributed by atoms with Crippen molar-refractivity contribution >= 4 is 32.6 Å². The third kappa shape index (κ3) is 2.35. The molecule has 106 valence electrons. The first kappa shape index (κ1) is 13.3. The van der Waals surface area contributed by atoms with Gasteiger partial charge in [0.05, 0.1) is 16.1 Å². The third-order valence-electron chi connectivity index (χ3n) is 3.59. The van der Waals surface area contributed by atoms with Crippen LogP contribution in [0.2, 0.25) is 0 Å². The molecule has 0 saturated carbocycles. The van der Waals surface area contributed by atoms with Gasteiger partial charge < -0.3 is 9.80 Å². The third-order valence-corrected chi connectivity index (χ3v) is 4.67. The molecule has 1 aliphatic heterocycles. The summed E-state index contributed by atoms with van der Waals surface area (Å²) >= 11 is 1.48. The number of amides is 1. The Morgan fingerprint density at radius 1 is 1.50 bits per heavy atom. The lowest BCUT2D eigenvalue weighted by atomic mass is 10.1. The van der Waals surface area contributed by atoms with Crippen LogP contribution in [-0.4, -0.2) is 43.0 Å². The van der Waals surface area contributed by atoms with Crippen molar-refractivity contribution in [1.29, 1.82) is 0 Å². The van der Waals surface area contributed by atoms with Crippen LogP contribution >= 0.6 is 11.3 Å². The van der Waals surface area contributed by atoms with Gasteiger partial charge in [-0.25, -0.2) is 9.37 Å². The van der Waals surface area contributed by atoms with Crippen LogP contribution in [0, 0.1) is 11.7 Å². The van der Waals surface area contributed by atoms with Crippen LogP contribution in [0.5, 0.6) is 0 Å². The number of benzene rings is 1. The van der Waals surface area contributed by atoms with E-state index in [1.165, 1.54) is 23.5 Å². The molecule has 4 nitrogen and oxygen atoms in total. The van der Waals surface area contributed by atoms with Gasteiger partial charge >= 0.3 is 0 Å². The molecule has 1 aromatic heterocycles. The summed E-state index contributed by atoms with van der Waals surface area (Å²) in [5, 5.41) is 0.875. The predicted molar refractivity (Wildman–Crippen MR) is 78.6 cm³/mol. The number of hydrogen-bond donors (Lipinski definition) is 0. The lowest BCUT2D eigenvalue weighted by Gasteiger charge is -2.17. The molecule has 1 fully saturated rings. The standard InChI is InChI=1S/C14H16FN3OS/c1-17(2)13(19)9-5-6-18(8-9)14-16-11-4-3-10(15)7-12(11)20-14/h3-4,7,9H,5-6,8H2,1-2H3. The van der Waals surface area contributed by atoms with Crippen molar-refractivity contribution in [2.45, 2.75) is 6.42 Å². The smallest absolute Gasteiger partial charge is 0.227 e. The highest BCUT2D eigenvalue weighted by atomic mass is 32.1. The van der Waals surface area contributed by atoms with Crippen molar-refractivity contribution in [1.82, 2.24) is 9.88 Å². The zero-order valence-electron chi connectivity index (χ0n) is 11.5. The van der Waals surface area contributed by atoms with Gasteiger partial charge in [0, 0.05) is 27.2 Å². The van der Waals surface area contributed by atoms with Crippen molar-refractivity contribution in [3.05, 3.63) is 24.0 Å². The van der Waals surface area contributed by atoms with Crippen LogP contribution in [0.15, 0.2) is 18.2 Å². The van der Waals surface area contributed by atoms with Gasteiger partial charge in [-0.05, 0) is 24.6 Å². The maximum atomic E-state index is 13.2. The maximum Gasteiger partial charge on any atom is 0.227 e. The average molecular weight is 293 g/mol. The maximum absolute atomic E-state index is 13.2. The van der Waals surface area contributed by atoms with E-state index in [2.05, 4.69) is 9.88 Å². The minimum absolute atomic E-state index is 0.0359. The van der Waals surface area contributed by atoms with Gasteiger partial charge in [-0.3, -0.25) is 4.79 Å². The highest BCUT2D eigenvalue weighted by Crippen LogP contribution is 2.32. The lowest BCUT2D eigenvalue weighted by Crippen LogP contribution is -2.31. The van der Waals surface area contributed by atoms with Crippen LogP contribution in [-0.2, 0) is 4.79 Å². The van der Waals surface area contributed by atoms with Crippen molar-refractivity contribution in [2.75, 3.05) is 32.1 Å². The molecule has 6 heteroatoms. The van der Waals surface area contributed by atoms with Gasteiger partial charge in [-0.2, -0.15) is 0 Å². The summed E-state index contributed by atoms with van der Waals surface area (Å²) in [6.07, 6.45) is 0.849. The number of carbonyl (C=O) groups excluding carboxylic acids is 1. The number of halogens is 1. The van der Waals surface area contributed by atoms with E-state index in [1.54, 1.807) is 25.1 Å². The molecule has 1 unspecified atom stereocenters. The molecule has 0 aliphatic carbocycles. The topological polar surface area (TPSA) is 36.4 Å². The highest BCUT2D eigenvalue weighted by molar-refractivity contribution is 7.22. The molecule has 3 rings (SSSR count). The summed E-state index contributed by atoms with van der Waals surface area (Å²) in [5.41, 5.74) is 0.814. The van der Waals surface area contributed by atoms with Crippen molar-refractivity contribution in [3.8, 4) is 0 Å². The molecule has 0 N–H and O–H groups in total. The average Bonchev–Trinajstić information content (AvgIpc) is 3.02. The fourth-order valence-corrected chi connectivity index (χ4v) is 3.55. The van der Waals surface area contributed by atoms with Crippen LogP contribution in [0.3, 0.4) is 0 Å². The molecule has 20 heavy (non-hydrogen) atoms. The Morgan fingerprint density at radius 2 is 2.30 bits per heavy atom. The SMILES string of the molecule is CN(C)C(=O)C1CCN(c2nc3ccc(F)cc3s2)C1. The number of thiazole rings is 1. The molecular weight excluding hydrogens is 277 g/mol. The Bertz CT molecular complexity index is 655. The van der Waals surface area contributed by atoms with Crippen LogP contribution in [0.1, 0.15) is 6.42 Å². The van der Waals surface area contributed by atoms with Crippen LogP contribution in [0.4, 0.5) is 9.52 Å². The zero-order valence-corrected chi connectivity index (χ0v) is 12.3. The zero-order chi connectivity index (χ0) is 14.3. The molecule has 1 atom stereocenters. The Hall–Kier alpha value is -1.69. The molecule has 0 radical (unpaired) electrons. The normalized spacial score (nSPS) is 18.8. The molecule has 0 spiro atoms. The monoisotopic (exact) mass is 293 g/mol. The molecule has 1 saturated heterocycles. The van der Waals surface area contributed by atoms with Gasteiger partial charge in [-0.1, -0.05) is 11.3 Å². The minimum atomic E-state index is -0.241. The van der Waals surface area contributed by atoms with E-state index in [1.807, 2.05) is 0 Å². The van der Waals surface area contributed by atoms with Gasteiger partial charge in [0.15, 0.2) is 5.13 Å². The molecule has 2 heterocycles. The van der Waals surface area contributed by atoms with E-state index in [0.29, 0.717) is 6.54 Å². The Kier molecular flexibility index (Phi) is 3.33. The Labute approximate surface area is 120 Å². The molecule has 0 bridgehead atoms. The number of anilines is 1. The van der Waals surface area contributed by atoms with E-state index in [9.17, 15) is 9.18 Å². The van der Waals surface area contributed by atoms with E-state index >= 15 is 0 Å². The molecule has 2 aromatic rings. The lowest BCUT2D eigenvalue weighted by molar-refractivity contribution is -0.132. The molecular formula is C14H16FN3OS. The quantitative estimate of drug-likeness (QED) is 0.853. The van der Waals surface area contributed by atoms with E-state index in [4.69, 9.17) is 0 Å². The van der Waals surface area contributed by atoms with Gasteiger partial charge in [0.25, 0.3) is 0 Å². The predicted octanol–water partition coefficient (Wildman–Crippen LogP) is 2.35. The fourth-order valence-electron chi connectivity index (χ4n) is 2.52. The fraction of sp³-hybridized carbons (Fsp3) is 0.429. The molecule has 1 amide bonds. The van der Waals surface area contributed by atoms with E-state index in [0.717, 1.165) is 28.3 Å². The summed E-state index contributed by atoms with van der Waals surface area (Å²) in [5.74, 6) is -0.0387. The Balaban J connectivity index is 1.81. The first-order valence-corrected chi connectivity index (χ1v) is 7.38. The number of hydrogen-bond acceptors (Lipinski definition) is 4. The van der Waals surface area contributed by atoms with Gasteiger partial charge in [0.2, 0.25) is 5.91 Å². The minimum Gasteiger partial charge on any atom is -0.349 e. The summed E-state index contributed by atoms with van der Waals surface area (Å²) in [4.78, 5) is 20.3. The van der Waals surface area contributed by atoms with Gasteiger partial charge in [-0.15, -0.1) is 0 Å². The number of fused-ring (bicyclic) bond motifs is 1. The number of rotatable bonds is 2. The first-order valence-electron chi connectivity index (χ1n) is 6.57. The second-order valence-corrected chi connectivity index (χ2v) is 6.28. The summed E-state index contributed by atoms with van der Waals surface area (Å²) < 4.78 is 14.0. The van der Waals surface area contributed by atoms with Crippen molar-refractivity contribution in [2.24, 2.45) is 5.92 Å². The number of carbonyl (C=O) groups is 1. The summed E-state index contributed by atoms with van der Waals surface area (Å²) in [7, 11) is 3.57. The second kappa shape index (κ2) is 5.01. The van der Waals surface area contributed by atoms with Gasteiger partial charge in [0.1, 0.15) is 5.82 Å². The Morgan fingerprint density at radius 3 is 3.05 bits per heavy atom. The van der Waals surface area contributed by atoms with Crippen molar-refractivity contribution < 1.29 is 9.18 Å². The van der Waals surface area contributed by atoms with E-state index < -0.39 is 0 Å². The van der Waals surface area contributed by atoms with Crippen LogP contribution < -0.4 is 4.90 Å². The largest absolute Gasteiger partial charge is 0.349 e. The number of aromatic nitrogens is 1. The van der Waals surface area contributed by atoms with E-state index in [-0.39, 0.29) is 17.6 Å². The summed E-state index contributed by atoms with van der Waals surface area (Å²) in [6.45, 7) is 1.52. The highest BCUT2D eigenvalue weighted by Gasteiger charge is 2.30. The molecule has 1 aliphatic rings. The first-order chi connectivity index (χ1) is 9.54. The van der Waals surface area contributed by atoms with Crippen molar-refractivity contribution in [3.63, 3.8) is 0 Å². The second-order valence-electron chi connectivity index (χ2n) is 5.27. The molecule has 1 aromatic carbocycles. The number of nitrogens with zero attached hydrogens (tertiary/aromatic N) is 3.